The van der Waals surface area contributed by atoms with Gasteiger partial charge in [-0.3, -0.25) is 4.57 Å². The fourth-order valence-corrected chi connectivity index (χ4v) is 4.51. The van der Waals surface area contributed by atoms with E-state index in [-0.39, 0.29) is 24.0 Å². The summed E-state index contributed by atoms with van der Waals surface area (Å²) >= 11 is 0. The van der Waals surface area contributed by atoms with Crippen molar-refractivity contribution in [3.8, 4) is 5.82 Å². The van der Waals surface area contributed by atoms with E-state index in [0.717, 1.165) is 37.0 Å². The van der Waals surface area contributed by atoms with E-state index in [1.165, 1.54) is 38.5 Å². The van der Waals surface area contributed by atoms with Crippen LogP contribution in [0.3, 0.4) is 0 Å². The third kappa shape index (κ3) is 4.85. The molecule has 152 valence electrons. The SMILES string of the molecule is CCNC(=NCc1ccnc(-n2ccnc2)c1)N1CCC2(CCCCC2)C1.I. The minimum Gasteiger partial charge on any atom is -0.357 e. The van der Waals surface area contributed by atoms with Crippen molar-refractivity contribution < 1.29 is 0 Å². The van der Waals surface area contributed by atoms with Crippen LogP contribution in [0.25, 0.3) is 5.82 Å². The highest BCUT2D eigenvalue weighted by molar-refractivity contribution is 14.0. The minimum atomic E-state index is 0. The summed E-state index contributed by atoms with van der Waals surface area (Å²) in [6.07, 6.45) is 15.6. The van der Waals surface area contributed by atoms with Crippen LogP contribution in [0.2, 0.25) is 0 Å². The van der Waals surface area contributed by atoms with E-state index in [4.69, 9.17) is 4.99 Å². The molecule has 1 aliphatic carbocycles. The highest BCUT2D eigenvalue weighted by atomic mass is 127. The number of nitrogens with zero attached hydrogens (tertiary/aromatic N) is 5. The largest absolute Gasteiger partial charge is 0.357 e. The Bertz CT molecular complexity index is 767. The summed E-state index contributed by atoms with van der Waals surface area (Å²) in [5.41, 5.74) is 1.70. The molecule has 1 aliphatic heterocycles. The van der Waals surface area contributed by atoms with Gasteiger partial charge in [0.2, 0.25) is 0 Å². The molecule has 2 fully saturated rings. The molecule has 4 rings (SSSR count). The quantitative estimate of drug-likeness (QED) is 0.397. The third-order valence-corrected chi connectivity index (χ3v) is 5.98. The number of guanidine groups is 1. The Hall–Kier alpha value is -1.64. The lowest BCUT2D eigenvalue weighted by Gasteiger charge is -2.33. The van der Waals surface area contributed by atoms with E-state index in [9.17, 15) is 0 Å². The molecule has 1 saturated carbocycles. The zero-order valence-electron chi connectivity index (χ0n) is 16.7. The fraction of sp³-hybridized carbons (Fsp3) is 0.571. The fourth-order valence-electron chi connectivity index (χ4n) is 4.51. The topological polar surface area (TPSA) is 58.3 Å². The Morgan fingerprint density at radius 2 is 2.07 bits per heavy atom. The second-order valence-corrected chi connectivity index (χ2v) is 7.89. The zero-order valence-corrected chi connectivity index (χ0v) is 19.0. The summed E-state index contributed by atoms with van der Waals surface area (Å²) < 4.78 is 1.92. The van der Waals surface area contributed by atoms with Gasteiger partial charge in [0, 0.05) is 38.2 Å². The number of imidazole rings is 1. The number of rotatable bonds is 4. The van der Waals surface area contributed by atoms with E-state index in [1.807, 2.05) is 23.0 Å². The third-order valence-electron chi connectivity index (χ3n) is 5.98. The Kier molecular flexibility index (Phi) is 7.31. The summed E-state index contributed by atoms with van der Waals surface area (Å²) in [4.78, 5) is 16.0. The van der Waals surface area contributed by atoms with Crippen molar-refractivity contribution in [1.29, 1.82) is 0 Å². The number of halogens is 1. The van der Waals surface area contributed by atoms with Gasteiger partial charge in [0.15, 0.2) is 5.96 Å². The molecule has 0 amide bonds. The first kappa shape index (κ1) is 21.1. The summed E-state index contributed by atoms with van der Waals surface area (Å²) in [6.45, 7) is 6.00. The molecule has 3 heterocycles. The van der Waals surface area contributed by atoms with Crippen molar-refractivity contribution in [2.75, 3.05) is 19.6 Å². The number of hydrogen-bond donors (Lipinski definition) is 1. The van der Waals surface area contributed by atoms with Gasteiger partial charge in [0.1, 0.15) is 12.1 Å². The van der Waals surface area contributed by atoms with Crippen LogP contribution in [0.5, 0.6) is 0 Å². The van der Waals surface area contributed by atoms with Crippen molar-refractivity contribution in [1.82, 2.24) is 24.8 Å². The molecule has 0 bridgehead atoms. The maximum Gasteiger partial charge on any atom is 0.194 e. The molecule has 2 aliphatic rings. The van der Waals surface area contributed by atoms with Gasteiger partial charge in [0.25, 0.3) is 0 Å². The van der Waals surface area contributed by atoms with Crippen LogP contribution in [0.15, 0.2) is 42.0 Å². The van der Waals surface area contributed by atoms with E-state index in [0.29, 0.717) is 12.0 Å². The summed E-state index contributed by atoms with van der Waals surface area (Å²) in [5, 5.41) is 3.50. The molecule has 2 aromatic rings. The Morgan fingerprint density at radius 1 is 1.21 bits per heavy atom. The van der Waals surface area contributed by atoms with Gasteiger partial charge >= 0.3 is 0 Å². The van der Waals surface area contributed by atoms with Crippen LogP contribution in [0.4, 0.5) is 0 Å². The van der Waals surface area contributed by atoms with Gasteiger partial charge in [-0.1, -0.05) is 19.3 Å². The predicted octanol–water partition coefficient (Wildman–Crippen LogP) is 4.01. The Labute approximate surface area is 184 Å². The van der Waals surface area contributed by atoms with Crippen LogP contribution in [-0.2, 0) is 6.54 Å². The molecule has 28 heavy (non-hydrogen) atoms. The molecule has 1 spiro atoms. The second-order valence-electron chi connectivity index (χ2n) is 7.89. The lowest BCUT2D eigenvalue weighted by molar-refractivity contribution is 0.203. The second kappa shape index (κ2) is 9.71. The van der Waals surface area contributed by atoms with E-state index >= 15 is 0 Å². The number of aliphatic imine (C=N–C) groups is 1. The molecule has 0 radical (unpaired) electrons. The predicted molar refractivity (Wildman–Crippen MR) is 123 cm³/mol. The molecule has 0 atom stereocenters. The molecule has 0 unspecified atom stereocenters. The van der Waals surface area contributed by atoms with Crippen LogP contribution >= 0.6 is 24.0 Å². The van der Waals surface area contributed by atoms with Crippen molar-refractivity contribution in [2.45, 2.75) is 52.0 Å². The highest BCUT2D eigenvalue weighted by Crippen LogP contribution is 2.43. The lowest BCUT2D eigenvalue weighted by atomic mass is 9.73. The first-order valence-electron chi connectivity index (χ1n) is 10.2. The van der Waals surface area contributed by atoms with Crippen LogP contribution < -0.4 is 5.32 Å². The molecule has 6 nitrogen and oxygen atoms in total. The van der Waals surface area contributed by atoms with Crippen LogP contribution in [0.1, 0.15) is 51.0 Å². The van der Waals surface area contributed by atoms with Crippen LogP contribution in [-0.4, -0.2) is 45.0 Å². The molecule has 1 saturated heterocycles. The van der Waals surface area contributed by atoms with Crippen molar-refractivity contribution in [3.63, 3.8) is 0 Å². The van der Waals surface area contributed by atoms with Crippen LogP contribution in [0, 0.1) is 5.41 Å². The molecule has 2 aromatic heterocycles. The maximum absolute atomic E-state index is 4.94. The van der Waals surface area contributed by atoms with E-state index in [2.05, 4.69) is 33.2 Å². The monoisotopic (exact) mass is 494 g/mol. The molecule has 1 N–H and O–H groups in total. The first-order valence-corrected chi connectivity index (χ1v) is 10.2. The number of pyridine rings is 1. The lowest BCUT2D eigenvalue weighted by Crippen LogP contribution is -2.41. The normalized spacial score (nSPS) is 18.9. The first-order chi connectivity index (χ1) is 13.3. The smallest absolute Gasteiger partial charge is 0.194 e. The van der Waals surface area contributed by atoms with E-state index in [1.54, 1.807) is 12.5 Å². The van der Waals surface area contributed by atoms with Gasteiger partial charge in [0.05, 0.1) is 6.54 Å². The standard InChI is InChI=1S/C21H30N6.HI/c1-2-23-20(26-12-9-21(16-26)7-4-3-5-8-21)25-15-18-6-10-24-19(14-18)27-13-11-22-17-27;/h6,10-11,13-14,17H,2-5,7-9,12,15-16H2,1H3,(H,23,25);1H. The number of likely N-dealkylation sites (tertiary alicyclic amines) is 1. The van der Waals surface area contributed by atoms with Gasteiger partial charge < -0.3 is 10.2 Å². The Morgan fingerprint density at radius 3 is 2.82 bits per heavy atom. The molecule has 0 aromatic carbocycles. The highest BCUT2D eigenvalue weighted by Gasteiger charge is 2.39. The minimum absolute atomic E-state index is 0. The van der Waals surface area contributed by atoms with Gasteiger partial charge in [-0.2, -0.15) is 0 Å². The van der Waals surface area contributed by atoms with E-state index < -0.39 is 0 Å². The molecular formula is C21H31IN6. The number of aromatic nitrogens is 3. The molecular weight excluding hydrogens is 463 g/mol. The van der Waals surface area contributed by atoms with Gasteiger partial charge in [-0.15, -0.1) is 24.0 Å². The van der Waals surface area contributed by atoms with Crippen molar-refractivity contribution >= 4 is 29.9 Å². The summed E-state index contributed by atoms with van der Waals surface area (Å²) in [6, 6.07) is 4.13. The average molecular weight is 494 g/mol. The van der Waals surface area contributed by atoms with Gasteiger partial charge in [-0.05, 0) is 49.3 Å². The van der Waals surface area contributed by atoms with Gasteiger partial charge in [-0.25, -0.2) is 15.0 Å². The maximum atomic E-state index is 4.94. The zero-order chi connectivity index (χ0) is 18.5. The number of hydrogen-bond acceptors (Lipinski definition) is 3. The summed E-state index contributed by atoms with van der Waals surface area (Å²) in [5.74, 6) is 1.94. The summed E-state index contributed by atoms with van der Waals surface area (Å²) in [7, 11) is 0. The molecule has 7 heteroatoms. The Balaban J connectivity index is 0.00000225. The van der Waals surface area contributed by atoms with Crippen molar-refractivity contribution in [3.05, 3.63) is 42.6 Å². The number of nitrogens with one attached hydrogen (secondary N) is 1. The average Bonchev–Trinajstić information content (AvgIpc) is 3.37. The van der Waals surface area contributed by atoms with Crippen molar-refractivity contribution in [2.24, 2.45) is 10.4 Å².